The van der Waals surface area contributed by atoms with Gasteiger partial charge in [0.25, 0.3) is 0 Å². The number of fused-ring (bicyclic) bond motifs is 1. The van der Waals surface area contributed by atoms with Crippen molar-refractivity contribution in [2.45, 2.75) is 81.1 Å². The lowest BCUT2D eigenvalue weighted by molar-refractivity contribution is -0.117. The minimum absolute atomic E-state index is 0.0928. The molecule has 0 radical (unpaired) electrons. The first-order chi connectivity index (χ1) is 22.1. The van der Waals surface area contributed by atoms with Crippen molar-refractivity contribution in [3.63, 3.8) is 0 Å². The second-order valence-electron chi connectivity index (χ2n) is 11.0. The molecule has 0 bridgehead atoms. The fourth-order valence-corrected chi connectivity index (χ4v) is 4.68. The number of carbonyl (C=O) groups is 2. The molecule has 1 aromatic heterocycles. The molecule has 0 spiro atoms. The molecule has 0 atom stereocenters. The number of benzene rings is 2. The highest BCUT2D eigenvalue weighted by Crippen LogP contribution is 2.38. The lowest BCUT2D eigenvalue weighted by Crippen LogP contribution is -2.46. The maximum absolute atomic E-state index is 12.8. The Kier molecular flexibility index (Phi) is 18.3. The van der Waals surface area contributed by atoms with Crippen LogP contribution in [0.4, 0.5) is 17.1 Å². The maximum Gasteiger partial charge on any atom is 0.247 e. The molecule has 0 aliphatic carbocycles. The van der Waals surface area contributed by atoms with E-state index >= 15 is 0 Å². The molecule has 1 aliphatic heterocycles. The van der Waals surface area contributed by atoms with Gasteiger partial charge in [-0.2, -0.15) is 0 Å². The number of allylic oxidation sites excluding steroid dienone is 3. The second kappa shape index (κ2) is 21.3. The first-order valence-corrected chi connectivity index (χ1v) is 16.3. The molecule has 7 nitrogen and oxygen atoms in total. The third kappa shape index (κ3) is 12.5. The third-order valence-corrected chi connectivity index (χ3v) is 7.27. The minimum atomic E-state index is 0.0928. The Labute approximate surface area is 278 Å². The van der Waals surface area contributed by atoms with Crippen molar-refractivity contribution in [2.24, 2.45) is 0 Å². The van der Waals surface area contributed by atoms with E-state index in [-0.39, 0.29) is 5.91 Å². The summed E-state index contributed by atoms with van der Waals surface area (Å²) in [5.41, 5.74) is 9.47. The number of nitrogens with zero attached hydrogens (tertiary/aromatic N) is 3. The predicted octanol–water partition coefficient (Wildman–Crippen LogP) is 8.98. The molecule has 248 valence electrons. The highest BCUT2D eigenvalue weighted by atomic mass is 16.2. The van der Waals surface area contributed by atoms with Gasteiger partial charge in [-0.3, -0.25) is 14.6 Å². The summed E-state index contributed by atoms with van der Waals surface area (Å²) in [6.45, 7) is 20.7. The Morgan fingerprint density at radius 2 is 1.67 bits per heavy atom. The highest BCUT2D eigenvalue weighted by molar-refractivity contribution is 6.12. The van der Waals surface area contributed by atoms with Crippen molar-refractivity contribution < 1.29 is 9.59 Å². The van der Waals surface area contributed by atoms with Crippen LogP contribution in [0.25, 0.3) is 0 Å². The molecular weight excluding hydrogens is 570 g/mol. The topological polar surface area (TPSA) is 89.4 Å². The van der Waals surface area contributed by atoms with Gasteiger partial charge in [-0.25, -0.2) is 0 Å². The number of nitrogens with one attached hydrogen (secondary N) is 2. The zero-order chi connectivity index (χ0) is 34.6. The fourth-order valence-electron chi connectivity index (χ4n) is 4.68. The number of aryl methyl sites for hydroxylation is 2. The Morgan fingerprint density at radius 3 is 2.15 bits per heavy atom. The van der Waals surface area contributed by atoms with Crippen molar-refractivity contribution in [1.29, 1.82) is 5.41 Å². The van der Waals surface area contributed by atoms with E-state index in [2.05, 4.69) is 68.0 Å². The van der Waals surface area contributed by atoms with Crippen LogP contribution in [0.1, 0.15) is 78.1 Å². The van der Waals surface area contributed by atoms with Gasteiger partial charge >= 0.3 is 0 Å². The quantitative estimate of drug-likeness (QED) is 0.133. The van der Waals surface area contributed by atoms with E-state index in [9.17, 15) is 9.59 Å². The first kappa shape index (κ1) is 39.5. The van der Waals surface area contributed by atoms with Gasteiger partial charge in [0.05, 0.1) is 11.4 Å². The second-order valence-corrected chi connectivity index (χ2v) is 11.0. The number of anilines is 3. The summed E-state index contributed by atoms with van der Waals surface area (Å²) < 4.78 is 0. The van der Waals surface area contributed by atoms with E-state index in [0.29, 0.717) is 24.4 Å². The van der Waals surface area contributed by atoms with Crippen LogP contribution in [0, 0.1) is 12.3 Å². The van der Waals surface area contributed by atoms with Gasteiger partial charge in [0.15, 0.2) is 6.29 Å². The van der Waals surface area contributed by atoms with Crippen LogP contribution in [0.15, 0.2) is 90.3 Å². The van der Waals surface area contributed by atoms with E-state index in [1.54, 1.807) is 13.1 Å². The SMILES string of the molecule is C=C(CC)N1CC(=O)N(CCc2ccccn2)c2ccc(NC)cc21.CC.CC(=N)C(C=O)=C(C)C.CCCc1ccc(C)cc1. The van der Waals surface area contributed by atoms with E-state index in [1.165, 1.54) is 24.0 Å². The van der Waals surface area contributed by atoms with Gasteiger partial charge in [0.2, 0.25) is 5.91 Å². The molecule has 2 N–H and O–H groups in total. The van der Waals surface area contributed by atoms with Crippen molar-refractivity contribution in [2.75, 3.05) is 35.3 Å². The highest BCUT2D eigenvalue weighted by Gasteiger charge is 2.30. The van der Waals surface area contributed by atoms with Crippen LogP contribution in [0.5, 0.6) is 0 Å². The Morgan fingerprint density at radius 1 is 1.00 bits per heavy atom. The van der Waals surface area contributed by atoms with Crippen LogP contribution >= 0.6 is 0 Å². The molecule has 0 fully saturated rings. The monoisotopic (exact) mass is 625 g/mol. The average Bonchev–Trinajstić information content (AvgIpc) is 3.06. The van der Waals surface area contributed by atoms with Gasteiger partial charge < -0.3 is 20.5 Å². The Balaban J connectivity index is 0.000000415. The summed E-state index contributed by atoms with van der Waals surface area (Å²) in [7, 11) is 1.90. The van der Waals surface area contributed by atoms with Crippen molar-refractivity contribution >= 4 is 35.0 Å². The molecule has 0 saturated heterocycles. The molecule has 0 saturated carbocycles. The minimum Gasteiger partial charge on any atom is -0.388 e. The van der Waals surface area contributed by atoms with E-state index < -0.39 is 0 Å². The molecule has 3 aromatic rings. The van der Waals surface area contributed by atoms with Gasteiger partial charge in [0.1, 0.15) is 6.54 Å². The van der Waals surface area contributed by atoms with Crippen LogP contribution in [0.2, 0.25) is 0 Å². The molecule has 46 heavy (non-hydrogen) atoms. The van der Waals surface area contributed by atoms with E-state index in [0.717, 1.165) is 53.2 Å². The smallest absolute Gasteiger partial charge is 0.247 e. The summed E-state index contributed by atoms with van der Waals surface area (Å²) in [6.07, 6.45) is 6.49. The molecule has 4 rings (SSSR count). The number of carbonyl (C=O) groups excluding carboxylic acids is 2. The number of rotatable bonds is 10. The van der Waals surface area contributed by atoms with Crippen LogP contribution in [-0.4, -0.2) is 43.0 Å². The number of pyridine rings is 1. The zero-order valence-electron chi connectivity index (χ0n) is 29.5. The number of hydrogen-bond acceptors (Lipinski definition) is 6. The molecule has 1 amide bonds. The summed E-state index contributed by atoms with van der Waals surface area (Å²) in [5, 5.41) is 10.3. The van der Waals surface area contributed by atoms with Crippen molar-refractivity contribution in [3.8, 4) is 0 Å². The van der Waals surface area contributed by atoms with Crippen molar-refractivity contribution in [3.05, 3.63) is 107 Å². The summed E-state index contributed by atoms with van der Waals surface area (Å²) in [5.74, 6) is 0.0928. The molecule has 1 aliphatic rings. The van der Waals surface area contributed by atoms with Crippen LogP contribution < -0.4 is 15.1 Å². The lowest BCUT2D eigenvalue weighted by Gasteiger charge is -2.38. The standard InChI is InChI=1S/C20H24N4O.C10H14.C7H11NO.C2H6/c1-4-15(2)24-14-20(25)23(12-10-16-7-5-6-11-22-16)18-9-8-17(21-3)13-19(18)24;1-3-4-10-7-5-9(2)6-8-10;1-5(2)7(4-9)6(3)8;1-2/h5-9,11,13,21H,2,4,10,12,14H2,1,3H3;5-8H,3-4H2,1-2H3;4,8H,1-3H3;1-2H3. The number of amides is 1. The Hall–Kier alpha value is -4.52. The van der Waals surface area contributed by atoms with Crippen LogP contribution in [-0.2, 0) is 22.4 Å². The van der Waals surface area contributed by atoms with E-state index in [1.807, 2.05) is 74.9 Å². The number of aromatic nitrogens is 1. The van der Waals surface area contributed by atoms with Crippen molar-refractivity contribution in [1.82, 2.24) is 4.98 Å². The average molecular weight is 626 g/mol. The lowest BCUT2D eigenvalue weighted by atomic mass is 10.1. The largest absolute Gasteiger partial charge is 0.388 e. The van der Waals surface area contributed by atoms with E-state index in [4.69, 9.17) is 5.41 Å². The number of aldehydes is 1. The molecular formula is C39H55N5O2. The zero-order valence-corrected chi connectivity index (χ0v) is 29.5. The third-order valence-electron chi connectivity index (χ3n) is 7.27. The molecule has 2 aromatic carbocycles. The summed E-state index contributed by atoms with van der Waals surface area (Å²) in [4.78, 5) is 31.2. The predicted molar refractivity (Wildman–Crippen MR) is 197 cm³/mol. The Bertz CT molecular complexity index is 1420. The number of hydrogen-bond donors (Lipinski definition) is 2. The summed E-state index contributed by atoms with van der Waals surface area (Å²) >= 11 is 0. The van der Waals surface area contributed by atoms with Gasteiger partial charge in [0, 0.05) is 54.6 Å². The van der Waals surface area contributed by atoms with Crippen LogP contribution in [0.3, 0.4) is 0 Å². The normalized spacial score (nSPS) is 11.3. The maximum atomic E-state index is 12.8. The molecule has 0 unspecified atom stereocenters. The molecule has 2 heterocycles. The fraction of sp³-hybridized carbons (Fsp3) is 0.385. The van der Waals surface area contributed by atoms with Gasteiger partial charge in [-0.05, 0) is 76.4 Å². The first-order valence-electron chi connectivity index (χ1n) is 16.3. The van der Waals surface area contributed by atoms with Gasteiger partial charge in [-0.15, -0.1) is 0 Å². The summed E-state index contributed by atoms with van der Waals surface area (Å²) in [6, 6.07) is 20.7. The van der Waals surface area contributed by atoms with Gasteiger partial charge in [-0.1, -0.05) is 82.2 Å². The molecule has 7 heteroatoms.